The van der Waals surface area contributed by atoms with Crippen LogP contribution in [0.2, 0.25) is 0 Å². The van der Waals surface area contributed by atoms with Crippen LogP contribution in [-0.4, -0.2) is 61.3 Å². The summed E-state index contributed by atoms with van der Waals surface area (Å²) >= 11 is 0. The van der Waals surface area contributed by atoms with Crippen LogP contribution in [0, 0.1) is 0 Å². The van der Waals surface area contributed by atoms with Gasteiger partial charge in [-0.2, -0.15) is 31.4 Å². The predicted octanol–water partition coefficient (Wildman–Crippen LogP) is 4.09. The van der Waals surface area contributed by atoms with Crippen molar-refractivity contribution in [3.05, 3.63) is 71.0 Å². The number of aliphatic carboxylic acids is 2. The van der Waals surface area contributed by atoms with Crippen molar-refractivity contribution in [2.45, 2.75) is 18.5 Å². The standard InChI is InChI=1S/C19H14N4O3.2C2HF3O2/c24-19-13-7-11(12-8-20-21-9-12)5-6-14(13)22-18(23-19)17-10-25-15-3-1-2-4-16(15)26-17;2*3-2(4,5)1(6)7/h1-9,17H,10H2,(H,20,21)(H,22,23,24);2*(H,6,7). The molecule has 0 saturated heterocycles. The number of hydrogen-bond acceptors (Lipinski definition) is 7. The molecule has 1 aliphatic heterocycles. The number of nitrogens with zero attached hydrogens (tertiary/aromatic N) is 2. The number of alkyl halides is 6. The van der Waals surface area contributed by atoms with E-state index in [1.54, 1.807) is 12.4 Å². The van der Waals surface area contributed by atoms with Gasteiger partial charge in [0.15, 0.2) is 23.4 Å². The molecule has 40 heavy (non-hydrogen) atoms. The van der Waals surface area contributed by atoms with Crippen molar-refractivity contribution in [2.75, 3.05) is 6.61 Å². The average Bonchev–Trinajstić information content (AvgIpc) is 3.43. The van der Waals surface area contributed by atoms with Crippen LogP contribution in [0.5, 0.6) is 11.5 Å². The number of carbonyl (C=O) groups is 2. The number of H-pyrrole nitrogens is 2. The van der Waals surface area contributed by atoms with Gasteiger partial charge in [-0.3, -0.25) is 9.89 Å². The van der Waals surface area contributed by atoms with Crippen LogP contribution >= 0.6 is 0 Å². The molecule has 4 aromatic rings. The van der Waals surface area contributed by atoms with Gasteiger partial charge < -0.3 is 24.7 Å². The normalized spacial score (nSPS) is 14.3. The van der Waals surface area contributed by atoms with Gasteiger partial charge in [0.1, 0.15) is 6.61 Å². The minimum absolute atomic E-state index is 0.210. The summed E-state index contributed by atoms with van der Waals surface area (Å²) in [5.41, 5.74) is 2.21. The summed E-state index contributed by atoms with van der Waals surface area (Å²) in [5, 5.41) is 21.5. The summed E-state index contributed by atoms with van der Waals surface area (Å²) in [7, 11) is 0. The second-order valence-corrected chi connectivity index (χ2v) is 7.64. The second kappa shape index (κ2) is 11.7. The number of aromatic amines is 2. The first-order chi connectivity index (χ1) is 18.7. The molecule has 0 aliphatic carbocycles. The van der Waals surface area contributed by atoms with Gasteiger partial charge in [0, 0.05) is 11.8 Å². The van der Waals surface area contributed by atoms with Crippen molar-refractivity contribution in [3.63, 3.8) is 0 Å². The highest BCUT2D eigenvalue weighted by Gasteiger charge is 2.38. The summed E-state index contributed by atoms with van der Waals surface area (Å²) in [6, 6.07) is 13.0. The average molecular weight is 574 g/mol. The minimum Gasteiger partial charge on any atom is -0.485 e. The van der Waals surface area contributed by atoms with Crippen LogP contribution in [0.3, 0.4) is 0 Å². The lowest BCUT2D eigenvalue weighted by Gasteiger charge is -2.25. The van der Waals surface area contributed by atoms with Gasteiger partial charge in [0.05, 0.1) is 17.1 Å². The molecule has 0 saturated carbocycles. The SMILES string of the molecule is O=C(O)C(F)(F)F.O=C(O)C(F)(F)F.O=c1[nH]c(C2COc3ccccc3O2)nc2ccc(-c3cn[nH]c3)cc12. The predicted molar refractivity (Wildman–Crippen MR) is 123 cm³/mol. The Morgan fingerprint density at radius 3 is 2.08 bits per heavy atom. The van der Waals surface area contributed by atoms with Gasteiger partial charge >= 0.3 is 24.3 Å². The van der Waals surface area contributed by atoms with E-state index in [0.29, 0.717) is 34.8 Å². The van der Waals surface area contributed by atoms with Gasteiger partial charge in [-0.05, 0) is 29.8 Å². The van der Waals surface area contributed by atoms with Gasteiger partial charge in [-0.25, -0.2) is 14.6 Å². The number of aromatic nitrogens is 4. The van der Waals surface area contributed by atoms with Crippen molar-refractivity contribution < 1.29 is 55.6 Å². The maximum atomic E-state index is 12.6. The summed E-state index contributed by atoms with van der Waals surface area (Å²) in [6.45, 7) is 0.290. The molecule has 212 valence electrons. The summed E-state index contributed by atoms with van der Waals surface area (Å²) < 4.78 is 75.1. The molecule has 5 rings (SSSR count). The van der Waals surface area contributed by atoms with Crippen molar-refractivity contribution >= 4 is 22.8 Å². The van der Waals surface area contributed by atoms with E-state index in [4.69, 9.17) is 29.3 Å². The fourth-order valence-electron chi connectivity index (χ4n) is 3.05. The maximum absolute atomic E-state index is 12.6. The zero-order valence-corrected chi connectivity index (χ0v) is 19.6. The molecule has 0 fully saturated rings. The number of ether oxygens (including phenoxy) is 2. The van der Waals surface area contributed by atoms with Crippen LogP contribution in [-0.2, 0) is 9.59 Å². The first-order valence-corrected chi connectivity index (χ1v) is 10.7. The number of halogens is 6. The third-order valence-electron chi connectivity index (χ3n) is 4.85. The molecule has 0 amide bonds. The summed E-state index contributed by atoms with van der Waals surface area (Å²) in [6.07, 6.45) is -7.14. The van der Waals surface area contributed by atoms with E-state index in [9.17, 15) is 31.1 Å². The van der Waals surface area contributed by atoms with Crippen LogP contribution in [0.15, 0.2) is 59.7 Å². The van der Waals surface area contributed by atoms with Crippen molar-refractivity contribution in [2.24, 2.45) is 0 Å². The number of fused-ring (bicyclic) bond motifs is 2. The Hall–Kier alpha value is -5.09. The topological polar surface area (TPSA) is 167 Å². The van der Waals surface area contributed by atoms with Gasteiger partial charge in [-0.15, -0.1) is 0 Å². The number of benzene rings is 2. The Bertz CT molecular complexity index is 1530. The van der Waals surface area contributed by atoms with Gasteiger partial charge in [-0.1, -0.05) is 18.2 Å². The van der Waals surface area contributed by atoms with E-state index in [2.05, 4.69) is 20.2 Å². The second-order valence-electron chi connectivity index (χ2n) is 7.64. The fourth-order valence-corrected chi connectivity index (χ4v) is 3.05. The fraction of sp³-hybridized carbons (Fsp3) is 0.174. The lowest BCUT2D eigenvalue weighted by Crippen LogP contribution is -2.26. The van der Waals surface area contributed by atoms with Crippen molar-refractivity contribution in [1.82, 2.24) is 20.2 Å². The quantitative estimate of drug-likeness (QED) is 0.258. The molecule has 0 bridgehead atoms. The zero-order chi connectivity index (χ0) is 29.7. The number of hydrogen-bond donors (Lipinski definition) is 4. The lowest BCUT2D eigenvalue weighted by molar-refractivity contribution is -0.193. The molecule has 17 heteroatoms. The van der Waals surface area contributed by atoms with E-state index in [-0.39, 0.29) is 5.56 Å². The molecule has 4 N–H and O–H groups in total. The largest absolute Gasteiger partial charge is 0.490 e. The Morgan fingerprint density at radius 1 is 0.925 bits per heavy atom. The third kappa shape index (κ3) is 7.49. The molecule has 11 nitrogen and oxygen atoms in total. The van der Waals surface area contributed by atoms with Gasteiger partial charge in [0.25, 0.3) is 5.56 Å². The van der Waals surface area contributed by atoms with Crippen LogP contribution in [0.25, 0.3) is 22.0 Å². The molecule has 0 radical (unpaired) electrons. The zero-order valence-electron chi connectivity index (χ0n) is 19.6. The van der Waals surface area contributed by atoms with E-state index in [0.717, 1.165) is 11.1 Å². The van der Waals surface area contributed by atoms with Crippen LogP contribution < -0.4 is 15.0 Å². The molecule has 3 heterocycles. The monoisotopic (exact) mass is 574 g/mol. The molecule has 0 spiro atoms. The van der Waals surface area contributed by atoms with Crippen molar-refractivity contribution in [1.29, 1.82) is 0 Å². The summed E-state index contributed by atoms with van der Waals surface area (Å²) in [4.78, 5) is 37.8. The summed E-state index contributed by atoms with van der Waals surface area (Å²) in [5.74, 6) is -3.73. The van der Waals surface area contributed by atoms with Crippen LogP contribution in [0.1, 0.15) is 11.9 Å². The first-order valence-electron chi connectivity index (χ1n) is 10.7. The highest BCUT2D eigenvalue weighted by molar-refractivity contribution is 5.83. The Labute approximate surface area is 218 Å². The highest BCUT2D eigenvalue weighted by Crippen LogP contribution is 2.35. The van der Waals surface area contributed by atoms with E-state index in [1.807, 2.05) is 42.5 Å². The highest BCUT2D eigenvalue weighted by atomic mass is 19.4. The number of carboxylic acids is 2. The Morgan fingerprint density at radius 2 is 1.52 bits per heavy atom. The number of carboxylic acid groups (broad SMARTS) is 2. The molecule has 1 atom stereocenters. The maximum Gasteiger partial charge on any atom is 0.490 e. The van der Waals surface area contributed by atoms with E-state index >= 15 is 0 Å². The number of para-hydroxylation sites is 2. The molecule has 2 aromatic heterocycles. The molecule has 2 aromatic carbocycles. The van der Waals surface area contributed by atoms with Crippen LogP contribution in [0.4, 0.5) is 26.3 Å². The Kier molecular flexibility index (Phi) is 8.65. The number of rotatable bonds is 2. The van der Waals surface area contributed by atoms with E-state index in [1.165, 1.54) is 0 Å². The Balaban J connectivity index is 0.000000263. The van der Waals surface area contributed by atoms with E-state index < -0.39 is 30.4 Å². The molecular weight excluding hydrogens is 558 g/mol. The molecule has 1 unspecified atom stereocenters. The first kappa shape index (κ1) is 29.5. The molecule has 1 aliphatic rings. The third-order valence-corrected chi connectivity index (χ3v) is 4.85. The number of nitrogens with one attached hydrogen (secondary N) is 2. The smallest absolute Gasteiger partial charge is 0.485 e. The van der Waals surface area contributed by atoms with Gasteiger partial charge in [0.2, 0.25) is 0 Å². The lowest BCUT2D eigenvalue weighted by atomic mass is 10.1. The van der Waals surface area contributed by atoms with Crippen molar-refractivity contribution in [3.8, 4) is 22.6 Å². The molecular formula is C23H16F6N4O7. The minimum atomic E-state index is -5.08.